The average Bonchev–Trinajstić information content (AvgIpc) is 2.68. The smallest absolute Gasteiger partial charge is 0.266 e. The van der Waals surface area contributed by atoms with Gasteiger partial charge in [0.25, 0.3) is 5.56 Å². The zero-order valence-corrected chi connectivity index (χ0v) is 16.4. The quantitative estimate of drug-likeness (QED) is 0.468. The largest absolute Gasteiger partial charge is 0.497 e. The van der Waals surface area contributed by atoms with Crippen LogP contribution in [0.15, 0.2) is 58.5 Å². The SMILES string of the molecule is COc1cccc(-n2c(SCCC(C)(C)C#N)nc3ccccc3c2=O)c1. The lowest BCUT2D eigenvalue weighted by atomic mass is 9.93. The minimum atomic E-state index is -0.412. The lowest BCUT2D eigenvalue weighted by Crippen LogP contribution is -2.22. The molecular weight excluding hydrogens is 358 g/mol. The number of para-hydroxylation sites is 1. The first-order chi connectivity index (χ1) is 12.9. The second-order valence-electron chi connectivity index (χ2n) is 6.85. The van der Waals surface area contributed by atoms with E-state index < -0.39 is 5.41 Å². The van der Waals surface area contributed by atoms with Gasteiger partial charge in [0, 0.05) is 11.8 Å². The maximum Gasteiger partial charge on any atom is 0.266 e. The molecule has 0 spiro atoms. The van der Waals surface area contributed by atoms with Crippen LogP contribution >= 0.6 is 11.8 Å². The fourth-order valence-corrected chi connectivity index (χ4v) is 3.92. The third-order valence-electron chi connectivity index (χ3n) is 4.32. The fraction of sp³-hybridized carbons (Fsp3) is 0.286. The number of methoxy groups -OCH3 is 1. The van der Waals surface area contributed by atoms with E-state index in [-0.39, 0.29) is 5.56 Å². The molecule has 0 fully saturated rings. The molecule has 0 aliphatic heterocycles. The zero-order chi connectivity index (χ0) is 19.4. The van der Waals surface area contributed by atoms with Crippen molar-refractivity contribution in [2.75, 3.05) is 12.9 Å². The number of hydrogen-bond donors (Lipinski definition) is 0. The van der Waals surface area contributed by atoms with Crippen LogP contribution in [-0.2, 0) is 0 Å². The summed E-state index contributed by atoms with van der Waals surface area (Å²) in [6.07, 6.45) is 0.703. The summed E-state index contributed by atoms with van der Waals surface area (Å²) in [4.78, 5) is 17.9. The van der Waals surface area contributed by atoms with Gasteiger partial charge in [-0.05, 0) is 44.5 Å². The molecule has 0 aliphatic carbocycles. The van der Waals surface area contributed by atoms with Gasteiger partial charge >= 0.3 is 0 Å². The Bertz CT molecular complexity index is 1070. The summed E-state index contributed by atoms with van der Waals surface area (Å²) < 4.78 is 6.93. The summed E-state index contributed by atoms with van der Waals surface area (Å²) in [6.45, 7) is 3.83. The van der Waals surface area contributed by atoms with Gasteiger partial charge in [-0.2, -0.15) is 5.26 Å². The molecule has 0 saturated heterocycles. The van der Waals surface area contributed by atoms with Crippen molar-refractivity contribution in [3.63, 3.8) is 0 Å². The molecule has 6 heteroatoms. The normalized spacial score (nSPS) is 11.3. The van der Waals surface area contributed by atoms with Gasteiger partial charge < -0.3 is 4.74 Å². The summed E-state index contributed by atoms with van der Waals surface area (Å²) in [5.74, 6) is 1.36. The van der Waals surface area contributed by atoms with E-state index in [4.69, 9.17) is 9.72 Å². The number of ether oxygens (including phenoxy) is 1. The van der Waals surface area contributed by atoms with Crippen molar-refractivity contribution in [1.29, 1.82) is 5.26 Å². The van der Waals surface area contributed by atoms with Crippen molar-refractivity contribution in [3.8, 4) is 17.5 Å². The maximum absolute atomic E-state index is 13.2. The van der Waals surface area contributed by atoms with E-state index >= 15 is 0 Å². The third kappa shape index (κ3) is 4.15. The van der Waals surface area contributed by atoms with Crippen molar-refractivity contribution in [3.05, 3.63) is 58.9 Å². The number of fused-ring (bicyclic) bond motifs is 1. The Kier molecular flexibility index (Phi) is 5.52. The number of thioether (sulfide) groups is 1. The van der Waals surface area contributed by atoms with Crippen LogP contribution in [0.1, 0.15) is 20.3 Å². The molecule has 0 N–H and O–H groups in total. The van der Waals surface area contributed by atoms with Gasteiger partial charge in [0.2, 0.25) is 0 Å². The van der Waals surface area contributed by atoms with Crippen molar-refractivity contribution in [2.24, 2.45) is 5.41 Å². The Morgan fingerprint density at radius 3 is 2.74 bits per heavy atom. The molecule has 1 heterocycles. The van der Waals surface area contributed by atoms with Gasteiger partial charge in [-0.3, -0.25) is 9.36 Å². The first-order valence-corrected chi connectivity index (χ1v) is 9.64. The average molecular weight is 379 g/mol. The maximum atomic E-state index is 13.2. The molecule has 5 nitrogen and oxygen atoms in total. The summed E-state index contributed by atoms with van der Waals surface area (Å²) in [5, 5.41) is 10.4. The lowest BCUT2D eigenvalue weighted by Gasteiger charge is -2.16. The molecule has 0 amide bonds. The fourth-order valence-electron chi connectivity index (χ4n) is 2.64. The van der Waals surface area contributed by atoms with E-state index in [1.54, 1.807) is 17.7 Å². The lowest BCUT2D eigenvalue weighted by molar-refractivity contribution is 0.414. The Balaban J connectivity index is 2.10. The number of benzene rings is 2. The summed E-state index contributed by atoms with van der Waals surface area (Å²) in [5.41, 5.74) is 0.851. The summed E-state index contributed by atoms with van der Waals surface area (Å²) >= 11 is 1.49. The minimum Gasteiger partial charge on any atom is -0.497 e. The van der Waals surface area contributed by atoms with Crippen LogP contribution in [0.25, 0.3) is 16.6 Å². The van der Waals surface area contributed by atoms with Gasteiger partial charge in [-0.1, -0.05) is 30.0 Å². The predicted molar refractivity (Wildman–Crippen MR) is 109 cm³/mol. The van der Waals surface area contributed by atoms with Crippen LogP contribution in [0.2, 0.25) is 0 Å². The molecule has 0 saturated carbocycles. The van der Waals surface area contributed by atoms with Crippen LogP contribution in [-0.4, -0.2) is 22.4 Å². The Morgan fingerprint density at radius 1 is 1.22 bits per heavy atom. The molecule has 138 valence electrons. The second-order valence-corrected chi connectivity index (χ2v) is 7.91. The van der Waals surface area contributed by atoms with Crippen molar-refractivity contribution in [1.82, 2.24) is 9.55 Å². The van der Waals surface area contributed by atoms with E-state index in [9.17, 15) is 10.1 Å². The van der Waals surface area contributed by atoms with Crippen molar-refractivity contribution < 1.29 is 4.74 Å². The highest BCUT2D eigenvalue weighted by Crippen LogP contribution is 2.27. The van der Waals surface area contributed by atoms with Gasteiger partial charge in [0.05, 0.1) is 35.2 Å². The highest BCUT2D eigenvalue weighted by atomic mass is 32.2. The highest BCUT2D eigenvalue weighted by Gasteiger charge is 2.18. The molecule has 2 aromatic carbocycles. The molecular formula is C21H21N3O2S. The van der Waals surface area contributed by atoms with Gasteiger partial charge in [-0.25, -0.2) is 4.98 Å². The molecule has 0 atom stereocenters. The molecule has 3 aromatic rings. The first kappa shape index (κ1) is 19.0. The molecule has 0 radical (unpaired) electrons. The van der Waals surface area contributed by atoms with E-state index in [0.29, 0.717) is 39.7 Å². The van der Waals surface area contributed by atoms with E-state index in [0.717, 1.165) is 0 Å². The van der Waals surface area contributed by atoms with Crippen molar-refractivity contribution >= 4 is 22.7 Å². The molecule has 1 aromatic heterocycles. The number of hydrogen-bond acceptors (Lipinski definition) is 5. The van der Waals surface area contributed by atoms with Gasteiger partial charge in [0.1, 0.15) is 5.75 Å². The number of nitrogens with zero attached hydrogens (tertiary/aromatic N) is 3. The van der Waals surface area contributed by atoms with E-state index in [1.807, 2.05) is 56.3 Å². The van der Waals surface area contributed by atoms with Crippen LogP contribution in [0.3, 0.4) is 0 Å². The second kappa shape index (κ2) is 7.85. The number of rotatable bonds is 6. The van der Waals surface area contributed by atoms with E-state index in [1.165, 1.54) is 11.8 Å². The Morgan fingerprint density at radius 2 is 2.00 bits per heavy atom. The number of aromatic nitrogens is 2. The molecule has 0 aliphatic rings. The molecule has 27 heavy (non-hydrogen) atoms. The monoisotopic (exact) mass is 379 g/mol. The zero-order valence-electron chi connectivity index (χ0n) is 15.6. The molecule has 0 bridgehead atoms. The van der Waals surface area contributed by atoms with Crippen LogP contribution < -0.4 is 10.3 Å². The van der Waals surface area contributed by atoms with E-state index in [2.05, 4.69) is 6.07 Å². The summed E-state index contributed by atoms with van der Waals surface area (Å²) in [7, 11) is 1.60. The topological polar surface area (TPSA) is 67.9 Å². The van der Waals surface area contributed by atoms with Crippen LogP contribution in [0.4, 0.5) is 0 Å². The van der Waals surface area contributed by atoms with Crippen molar-refractivity contribution in [2.45, 2.75) is 25.4 Å². The molecule has 0 unspecified atom stereocenters. The van der Waals surface area contributed by atoms with Crippen LogP contribution in [0.5, 0.6) is 5.75 Å². The summed E-state index contributed by atoms with van der Waals surface area (Å²) in [6, 6.07) is 17.0. The van der Waals surface area contributed by atoms with Crippen LogP contribution in [0, 0.1) is 16.7 Å². The highest BCUT2D eigenvalue weighted by molar-refractivity contribution is 7.99. The standard InChI is InChI=1S/C21H21N3O2S/c1-21(2,14-22)11-12-27-20-23-18-10-5-4-9-17(18)19(25)24(20)15-7-6-8-16(13-15)26-3/h4-10,13H,11-12H2,1-3H3. The van der Waals surface area contributed by atoms with Gasteiger partial charge in [0.15, 0.2) is 5.16 Å². The number of nitriles is 1. The first-order valence-electron chi connectivity index (χ1n) is 8.65. The molecule has 3 rings (SSSR count). The Hall–Kier alpha value is -2.78. The predicted octanol–water partition coefficient (Wildman–Crippen LogP) is 4.43. The Labute approximate surface area is 162 Å². The third-order valence-corrected chi connectivity index (χ3v) is 5.26. The van der Waals surface area contributed by atoms with Gasteiger partial charge in [-0.15, -0.1) is 0 Å². The minimum absolute atomic E-state index is 0.115.